The molecular weight excluding hydrogens is 232 g/mol. The third kappa shape index (κ3) is 3.56. The molecule has 0 atom stereocenters. The summed E-state index contributed by atoms with van der Waals surface area (Å²) in [5.41, 5.74) is 1.20. The maximum Gasteiger partial charge on any atom is 0.147 e. The van der Waals surface area contributed by atoms with Crippen molar-refractivity contribution in [3.63, 3.8) is 0 Å². The molecule has 0 heterocycles. The van der Waals surface area contributed by atoms with Crippen LogP contribution in [0.5, 0.6) is 0 Å². The van der Waals surface area contributed by atoms with Crippen LogP contribution >= 0.6 is 0 Å². The second-order valence-electron chi connectivity index (χ2n) is 4.41. The van der Waals surface area contributed by atoms with Gasteiger partial charge in [0.2, 0.25) is 0 Å². The molecule has 0 radical (unpaired) electrons. The molecule has 0 saturated heterocycles. The van der Waals surface area contributed by atoms with Gasteiger partial charge in [-0.3, -0.25) is 0 Å². The van der Waals surface area contributed by atoms with Crippen molar-refractivity contribution in [1.29, 1.82) is 0 Å². The average Bonchev–Trinajstić information content (AvgIpc) is 2.27. The van der Waals surface area contributed by atoms with Crippen LogP contribution in [0.25, 0.3) is 10.8 Å². The fraction of sp³-hybridized carbons (Fsp3) is 0.286. The Morgan fingerprint density at radius 3 is 2.41 bits per heavy atom. The molecule has 3 heteroatoms. The molecule has 0 bridgehead atoms. The van der Waals surface area contributed by atoms with Crippen LogP contribution in [-0.2, 0) is 16.3 Å². The Bertz CT molecular complexity index is 615. The van der Waals surface area contributed by atoms with Gasteiger partial charge < -0.3 is 0 Å². The second kappa shape index (κ2) is 4.88. The molecule has 0 amide bonds. The van der Waals surface area contributed by atoms with Gasteiger partial charge in [0.15, 0.2) is 0 Å². The van der Waals surface area contributed by atoms with Crippen LogP contribution in [0.1, 0.15) is 12.0 Å². The molecule has 0 N–H and O–H groups in total. The van der Waals surface area contributed by atoms with E-state index in [0.717, 1.165) is 6.42 Å². The molecule has 17 heavy (non-hydrogen) atoms. The highest BCUT2D eigenvalue weighted by atomic mass is 32.2. The number of sulfone groups is 1. The molecule has 0 spiro atoms. The van der Waals surface area contributed by atoms with E-state index in [0.29, 0.717) is 6.42 Å². The fourth-order valence-electron chi connectivity index (χ4n) is 1.93. The SMILES string of the molecule is CS(=O)(=O)CCCc1ccc2ccccc2c1. The lowest BCUT2D eigenvalue weighted by Gasteiger charge is -2.03. The molecule has 0 saturated carbocycles. The minimum atomic E-state index is -2.84. The normalized spacial score (nSPS) is 11.8. The van der Waals surface area contributed by atoms with E-state index >= 15 is 0 Å². The quantitative estimate of drug-likeness (QED) is 0.833. The summed E-state index contributed by atoms with van der Waals surface area (Å²) in [4.78, 5) is 0. The monoisotopic (exact) mass is 248 g/mol. The summed E-state index contributed by atoms with van der Waals surface area (Å²) in [5.74, 6) is 0.264. The van der Waals surface area contributed by atoms with Crippen molar-refractivity contribution in [3.8, 4) is 0 Å². The molecule has 0 aliphatic heterocycles. The molecule has 90 valence electrons. The first-order valence-corrected chi connectivity index (χ1v) is 7.76. The van der Waals surface area contributed by atoms with Gasteiger partial charge in [0.05, 0.1) is 5.75 Å². The van der Waals surface area contributed by atoms with Gasteiger partial charge in [-0.05, 0) is 29.2 Å². The lowest BCUT2D eigenvalue weighted by molar-refractivity contribution is 0.599. The van der Waals surface area contributed by atoms with Crippen molar-refractivity contribution in [3.05, 3.63) is 48.0 Å². The van der Waals surface area contributed by atoms with E-state index in [4.69, 9.17) is 0 Å². The molecular formula is C14H16O2S. The number of hydrogen-bond acceptors (Lipinski definition) is 2. The number of rotatable bonds is 4. The molecule has 2 aromatic rings. The Balaban J connectivity index is 2.09. The number of benzene rings is 2. The van der Waals surface area contributed by atoms with Crippen LogP contribution in [0.15, 0.2) is 42.5 Å². The number of fused-ring (bicyclic) bond motifs is 1. The fourth-order valence-corrected chi connectivity index (χ4v) is 2.60. The van der Waals surface area contributed by atoms with Gasteiger partial charge in [-0.15, -0.1) is 0 Å². The first-order valence-electron chi connectivity index (χ1n) is 5.70. The first kappa shape index (κ1) is 12.1. The number of hydrogen-bond donors (Lipinski definition) is 0. The average molecular weight is 248 g/mol. The third-order valence-corrected chi connectivity index (χ3v) is 3.82. The zero-order chi connectivity index (χ0) is 12.3. The highest BCUT2D eigenvalue weighted by Crippen LogP contribution is 2.16. The molecule has 0 unspecified atom stereocenters. The summed E-state index contributed by atoms with van der Waals surface area (Å²) in [7, 11) is -2.84. The number of aryl methyl sites for hydroxylation is 1. The van der Waals surface area contributed by atoms with Crippen LogP contribution in [0.2, 0.25) is 0 Å². The standard InChI is InChI=1S/C14H16O2S/c1-17(15,16)10-4-5-12-8-9-13-6-2-3-7-14(13)11-12/h2-3,6-9,11H,4-5,10H2,1H3. The predicted octanol–water partition coefficient (Wildman–Crippen LogP) is 2.82. The van der Waals surface area contributed by atoms with E-state index in [9.17, 15) is 8.42 Å². The van der Waals surface area contributed by atoms with Gasteiger partial charge in [0.25, 0.3) is 0 Å². The third-order valence-electron chi connectivity index (χ3n) is 2.79. The van der Waals surface area contributed by atoms with Crippen LogP contribution in [0, 0.1) is 0 Å². The molecule has 0 aromatic heterocycles. The highest BCUT2D eigenvalue weighted by molar-refractivity contribution is 7.90. The zero-order valence-electron chi connectivity index (χ0n) is 9.89. The van der Waals surface area contributed by atoms with E-state index in [-0.39, 0.29) is 5.75 Å². The molecule has 2 aromatic carbocycles. The summed E-state index contributed by atoms with van der Waals surface area (Å²) >= 11 is 0. The van der Waals surface area contributed by atoms with Crippen LogP contribution in [0.4, 0.5) is 0 Å². The van der Waals surface area contributed by atoms with Crippen molar-refractivity contribution in [1.82, 2.24) is 0 Å². The summed E-state index contributed by atoms with van der Waals surface area (Å²) in [6, 6.07) is 14.5. The molecule has 0 fully saturated rings. The van der Waals surface area contributed by atoms with Crippen molar-refractivity contribution in [2.75, 3.05) is 12.0 Å². The van der Waals surface area contributed by atoms with Gasteiger partial charge in [0.1, 0.15) is 9.84 Å². The zero-order valence-corrected chi connectivity index (χ0v) is 10.7. The highest BCUT2D eigenvalue weighted by Gasteiger charge is 2.02. The maximum atomic E-state index is 11.0. The van der Waals surface area contributed by atoms with Crippen molar-refractivity contribution in [2.45, 2.75) is 12.8 Å². The van der Waals surface area contributed by atoms with Gasteiger partial charge in [0, 0.05) is 6.26 Å². The van der Waals surface area contributed by atoms with E-state index in [1.807, 2.05) is 12.1 Å². The lowest BCUT2D eigenvalue weighted by Crippen LogP contribution is -2.03. The van der Waals surface area contributed by atoms with Gasteiger partial charge in [-0.25, -0.2) is 8.42 Å². The van der Waals surface area contributed by atoms with Gasteiger partial charge in [-0.1, -0.05) is 42.5 Å². The largest absolute Gasteiger partial charge is 0.229 e. The Morgan fingerprint density at radius 1 is 1.00 bits per heavy atom. The molecule has 0 aliphatic rings. The summed E-state index contributed by atoms with van der Waals surface area (Å²) in [6.07, 6.45) is 2.79. The topological polar surface area (TPSA) is 34.1 Å². The minimum absolute atomic E-state index is 0.264. The minimum Gasteiger partial charge on any atom is -0.229 e. The molecule has 0 aliphatic carbocycles. The summed E-state index contributed by atoms with van der Waals surface area (Å²) in [6.45, 7) is 0. The van der Waals surface area contributed by atoms with E-state index < -0.39 is 9.84 Å². The molecule has 2 nitrogen and oxygen atoms in total. The van der Waals surface area contributed by atoms with E-state index in [2.05, 4.69) is 30.3 Å². The Labute approximate surface area is 102 Å². The molecule has 2 rings (SSSR count). The van der Waals surface area contributed by atoms with Crippen molar-refractivity contribution >= 4 is 20.6 Å². The van der Waals surface area contributed by atoms with E-state index in [1.54, 1.807) is 0 Å². The smallest absolute Gasteiger partial charge is 0.147 e. The Morgan fingerprint density at radius 2 is 1.71 bits per heavy atom. The first-order chi connectivity index (χ1) is 8.04. The van der Waals surface area contributed by atoms with Gasteiger partial charge in [-0.2, -0.15) is 0 Å². The van der Waals surface area contributed by atoms with Crippen LogP contribution in [-0.4, -0.2) is 20.4 Å². The van der Waals surface area contributed by atoms with Crippen molar-refractivity contribution in [2.24, 2.45) is 0 Å². The second-order valence-corrected chi connectivity index (χ2v) is 6.67. The Hall–Kier alpha value is -1.35. The summed E-state index contributed by atoms with van der Waals surface area (Å²) in [5, 5.41) is 2.43. The summed E-state index contributed by atoms with van der Waals surface area (Å²) < 4.78 is 22.1. The van der Waals surface area contributed by atoms with Crippen LogP contribution < -0.4 is 0 Å². The van der Waals surface area contributed by atoms with Crippen LogP contribution in [0.3, 0.4) is 0 Å². The van der Waals surface area contributed by atoms with Crippen molar-refractivity contribution < 1.29 is 8.42 Å². The Kier molecular flexibility index (Phi) is 3.48. The lowest BCUT2D eigenvalue weighted by atomic mass is 10.0. The van der Waals surface area contributed by atoms with E-state index in [1.165, 1.54) is 22.6 Å². The van der Waals surface area contributed by atoms with Gasteiger partial charge >= 0.3 is 0 Å². The maximum absolute atomic E-state index is 11.0. The predicted molar refractivity (Wildman–Crippen MR) is 72.0 cm³/mol.